The van der Waals surface area contributed by atoms with Gasteiger partial charge in [-0.3, -0.25) is 5.01 Å². The number of aromatic amines is 1. The Bertz CT molecular complexity index is 1140. The van der Waals surface area contributed by atoms with Crippen LogP contribution in [0.25, 0.3) is 15.9 Å². The van der Waals surface area contributed by atoms with E-state index in [0.717, 1.165) is 40.4 Å². The number of rotatable bonds is 4. The Labute approximate surface area is 192 Å². The van der Waals surface area contributed by atoms with E-state index in [1.165, 1.54) is 16.0 Å². The fourth-order valence-electron chi connectivity index (χ4n) is 4.46. The molecule has 0 bridgehead atoms. The summed E-state index contributed by atoms with van der Waals surface area (Å²) in [5.74, 6) is 0.967. The van der Waals surface area contributed by atoms with Crippen molar-refractivity contribution in [3.05, 3.63) is 70.1 Å². The van der Waals surface area contributed by atoms with Gasteiger partial charge in [0.05, 0.1) is 28.6 Å². The van der Waals surface area contributed by atoms with E-state index in [1.54, 1.807) is 7.11 Å². The van der Waals surface area contributed by atoms with Gasteiger partial charge >= 0.3 is 0 Å². The summed E-state index contributed by atoms with van der Waals surface area (Å²) in [5, 5.41) is 5.81. The number of aryl methyl sites for hydroxylation is 2. The molecule has 1 N–H and O–H groups in total. The largest absolute Gasteiger partial charge is 0.380 e. The fourth-order valence-corrected chi connectivity index (χ4v) is 5.71. The van der Waals surface area contributed by atoms with Crippen molar-refractivity contribution in [2.75, 3.05) is 13.7 Å². The number of ether oxygens (including phenoxy) is 1. The normalized spacial score (nSPS) is 24.4. The molecule has 162 valence electrons. The van der Waals surface area contributed by atoms with Crippen molar-refractivity contribution < 1.29 is 4.74 Å². The van der Waals surface area contributed by atoms with E-state index in [4.69, 9.17) is 21.3 Å². The molecule has 0 aliphatic carbocycles. The van der Waals surface area contributed by atoms with Gasteiger partial charge in [-0.2, -0.15) is 0 Å². The molecule has 2 aliphatic rings. The van der Waals surface area contributed by atoms with Crippen molar-refractivity contribution in [3.8, 4) is 0 Å². The Balaban J connectivity index is 1.49. The van der Waals surface area contributed by atoms with Gasteiger partial charge in [-0.25, -0.2) is 9.99 Å². The molecule has 0 amide bonds. The number of H-pyrrole nitrogens is 1. The average molecular weight is 455 g/mol. The Morgan fingerprint density at radius 2 is 1.94 bits per heavy atom. The third kappa shape index (κ3) is 3.76. The Morgan fingerprint density at radius 3 is 2.68 bits per heavy atom. The minimum absolute atomic E-state index is 0.118. The number of nitrogens with one attached hydrogen (secondary N) is 1. The number of hydrogen-bond donors (Lipinski definition) is 1. The molecule has 5 nitrogen and oxygen atoms in total. The number of imidazole rings is 1. The van der Waals surface area contributed by atoms with E-state index in [9.17, 15) is 0 Å². The van der Waals surface area contributed by atoms with Crippen molar-refractivity contribution in [1.82, 2.24) is 20.0 Å². The highest BCUT2D eigenvalue weighted by molar-refractivity contribution is 8.09. The SMILES string of the molecule is CO[C@@H]1C[C@@H](c2nc3c(C)c(Cl)ccc3[nH]2)N(N2C=C(c3ccc(C)cc3)SC2C)C1. The lowest BCUT2D eigenvalue weighted by molar-refractivity contribution is -0.00806. The van der Waals surface area contributed by atoms with Crippen LogP contribution < -0.4 is 0 Å². The molecule has 1 aromatic heterocycles. The zero-order valence-electron chi connectivity index (χ0n) is 18.2. The Kier molecular flexibility index (Phi) is 5.51. The molecule has 2 aromatic carbocycles. The van der Waals surface area contributed by atoms with E-state index in [0.29, 0.717) is 5.37 Å². The number of halogens is 1. The smallest absolute Gasteiger partial charge is 0.126 e. The fraction of sp³-hybridized carbons (Fsp3) is 0.375. The number of nitrogens with zero attached hydrogens (tertiary/aromatic N) is 3. The van der Waals surface area contributed by atoms with Crippen molar-refractivity contribution >= 4 is 39.3 Å². The zero-order chi connectivity index (χ0) is 21.7. The number of thioether (sulfide) groups is 1. The second-order valence-corrected chi connectivity index (χ2v) is 10.1. The topological polar surface area (TPSA) is 44.4 Å². The van der Waals surface area contributed by atoms with Gasteiger partial charge in [0.25, 0.3) is 0 Å². The molecule has 31 heavy (non-hydrogen) atoms. The maximum absolute atomic E-state index is 6.33. The summed E-state index contributed by atoms with van der Waals surface area (Å²) < 4.78 is 5.77. The van der Waals surface area contributed by atoms with Crippen molar-refractivity contribution in [2.45, 2.75) is 44.7 Å². The van der Waals surface area contributed by atoms with Crippen LogP contribution in [0.4, 0.5) is 0 Å². The molecule has 1 unspecified atom stereocenters. The molecule has 7 heteroatoms. The van der Waals surface area contributed by atoms with E-state index in [2.05, 4.69) is 59.3 Å². The van der Waals surface area contributed by atoms with Crippen LogP contribution in [0.3, 0.4) is 0 Å². The second kappa shape index (κ2) is 8.17. The number of hydrazine groups is 1. The number of hydrogen-bond acceptors (Lipinski definition) is 5. The summed E-state index contributed by atoms with van der Waals surface area (Å²) in [7, 11) is 1.80. The first-order valence-corrected chi connectivity index (χ1v) is 11.9. The molecular formula is C24H27ClN4OS. The molecule has 1 saturated heterocycles. The zero-order valence-corrected chi connectivity index (χ0v) is 19.8. The summed E-state index contributed by atoms with van der Waals surface area (Å²) in [4.78, 5) is 9.80. The highest BCUT2D eigenvalue weighted by atomic mass is 35.5. The van der Waals surface area contributed by atoms with E-state index in [1.807, 2.05) is 30.8 Å². The quantitative estimate of drug-likeness (QED) is 0.531. The summed E-state index contributed by atoms with van der Waals surface area (Å²) in [6.45, 7) is 7.23. The summed E-state index contributed by atoms with van der Waals surface area (Å²) in [5.41, 5.74) is 5.53. The van der Waals surface area contributed by atoms with Crippen LogP contribution in [0.15, 0.2) is 42.6 Å². The number of methoxy groups -OCH3 is 1. The number of fused-ring (bicyclic) bond motifs is 1. The molecule has 0 radical (unpaired) electrons. The van der Waals surface area contributed by atoms with Crippen LogP contribution in [0.1, 0.15) is 41.9 Å². The number of aromatic nitrogens is 2. The first-order valence-electron chi connectivity index (χ1n) is 10.6. The molecule has 0 saturated carbocycles. The molecule has 3 heterocycles. The van der Waals surface area contributed by atoms with E-state index in [-0.39, 0.29) is 12.1 Å². The third-order valence-electron chi connectivity index (χ3n) is 6.30. The lowest BCUT2D eigenvalue weighted by atomic mass is 10.1. The van der Waals surface area contributed by atoms with Gasteiger partial charge in [-0.1, -0.05) is 53.2 Å². The van der Waals surface area contributed by atoms with Gasteiger partial charge < -0.3 is 9.72 Å². The molecule has 3 atom stereocenters. The van der Waals surface area contributed by atoms with E-state index >= 15 is 0 Å². The third-order valence-corrected chi connectivity index (χ3v) is 7.86. The second-order valence-electron chi connectivity index (χ2n) is 8.38. The van der Waals surface area contributed by atoms with Gasteiger partial charge in [-0.05, 0) is 50.5 Å². The van der Waals surface area contributed by atoms with Crippen LogP contribution in [0.5, 0.6) is 0 Å². The minimum atomic E-state index is 0.118. The van der Waals surface area contributed by atoms with Crippen molar-refractivity contribution in [3.63, 3.8) is 0 Å². The standard InChI is InChI=1S/C24H27ClN4OS/c1-14-5-7-17(8-6-14)22-13-28(16(3)31-22)29-12-18(30-4)11-21(29)24-26-20-10-9-19(25)15(2)23(20)27-24/h5-10,13,16,18,21H,11-12H2,1-4H3,(H,26,27)/t16?,18-,21+/m1/s1. The summed E-state index contributed by atoms with van der Waals surface area (Å²) in [6.07, 6.45) is 3.33. The van der Waals surface area contributed by atoms with Crippen LogP contribution in [0.2, 0.25) is 5.02 Å². The Hall–Kier alpha value is -1.99. The molecule has 3 aromatic rings. The van der Waals surface area contributed by atoms with Gasteiger partial charge in [-0.15, -0.1) is 0 Å². The first kappa shape index (κ1) is 20.9. The maximum Gasteiger partial charge on any atom is 0.126 e. The lowest BCUT2D eigenvalue weighted by Crippen LogP contribution is -2.42. The van der Waals surface area contributed by atoms with Gasteiger partial charge in [0.2, 0.25) is 0 Å². The van der Waals surface area contributed by atoms with Crippen LogP contribution >= 0.6 is 23.4 Å². The first-order chi connectivity index (χ1) is 14.9. The summed E-state index contributed by atoms with van der Waals surface area (Å²) in [6, 6.07) is 12.8. The van der Waals surface area contributed by atoms with Gasteiger partial charge in [0.15, 0.2) is 0 Å². The molecule has 1 fully saturated rings. The van der Waals surface area contributed by atoms with E-state index < -0.39 is 0 Å². The van der Waals surface area contributed by atoms with Crippen molar-refractivity contribution in [1.29, 1.82) is 0 Å². The number of benzene rings is 2. The lowest BCUT2D eigenvalue weighted by Gasteiger charge is -2.35. The maximum atomic E-state index is 6.33. The molecule has 5 rings (SSSR count). The van der Waals surface area contributed by atoms with Crippen molar-refractivity contribution in [2.24, 2.45) is 0 Å². The van der Waals surface area contributed by atoms with Gasteiger partial charge in [0.1, 0.15) is 5.82 Å². The van der Waals surface area contributed by atoms with Crippen LogP contribution in [0, 0.1) is 13.8 Å². The predicted molar refractivity (Wildman–Crippen MR) is 129 cm³/mol. The van der Waals surface area contributed by atoms with Crippen LogP contribution in [-0.2, 0) is 4.74 Å². The molecular weight excluding hydrogens is 428 g/mol. The van der Waals surface area contributed by atoms with Gasteiger partial charge in [0, 0.05) is 29.8 Å². The molecule has 0 spiro atoms. The van der Waals surface area contributed by atoms with Crippen LogP contribution in [-0.4, -0.2) is 45.1 Å². The highest BCUT2D eigenvalue weighted by Crippen LogP contribution is 2.44. The predicted octanol–water partition coefficient (Wildman–Crippen LogP) is 5.90. The minimum Gasteiger partial charge on any atom is -0.380 e. The molecule has 2 aliphatic heterocycles. The monoisotopic (exact) mass is 454 g/mol. The Morgan fingerprint density at radius 1 is 1.16 bits per heavy atom. The summed E-state index contributed by atoms with van der Waals surface area (Å²) >= 11 is 8.23. The highest BCUT2D eigenvalue weighted by Gasteiger charge is 2.41. The average Bonchev–Trinajstić information content (AvgIpc) is 3.47.